The van der Waals surface area contributed by atoms with Crippen LogP contribution in [0.3, 0.4) is 0 Å². The quantitative estimate of drug-likeness (QED) is 0.798. The summed E-state index contributed by atoms with van der Waals surface area (Å²) in [5.74, 6) is -0.436. The van der Waals surface area contributed by atoms with Crippen LogP contribution in [0.1, 0.15) is 32.3 Å². The van der Waals surface area contributed by atoms with Crippen LogP contribution in [0.5, 0.6) is 0 Å². The number of hydrogen-bond acceptors (Lipinski definition) is 2. The standard InChI is InChI=1S/C13H19BrFNO2S/c1-4-13(5-2,9-14)16-19(17,18)12-7-6-11(15)8-10(12)3/h6-8,16H,4-5,9H2,1-3H3. The molecule has 1 aromatic rings. The SMILES string of the molecule is CCC(CC)(CBr)NS(=O)(=O)c1ccc(F)cc1C. The molecule has 0 bridgehead atoms. The Bertz CT molecular complexity index is 533. The maximum Gasteiger partial charge on any atom is 0.241 e. The van der Waals surface area contributed by atoms with Gasteiger partial charge in [-0.2, -0.15) is 0 Å². The Balaban J connectivity index is 3.17. The maximum atomic E-state index is 13.0. The topological polar surface area (TPSA) is 46.2 Å². The first kappa shape index (κ1) is 16.6. The van der Waals surface area contributed by atoms with E-state index in [2.05, 4.69) is 20.7 Å². The first-order valence-electron chi connectivity index (χ1n) is 6.16. The molecule has 0 unspecified atom stereocenters. The fourth-order valence-corrected chi connectivity index (χ4v) is 4.75. The number of halogens is 2. The molecular weight excluding hydrogens is 333 g/mol. The minimum absolute atomic E-state index is 0.126. The number of alkyl halides is 1. The number of rotatable bonds is 6. The smallest absolute Gasteiger partial charge is 0.207 e. The van der Waals surface area contributed by atoms with Crippen LogP contribution in [0.25, 0.3) is 0 Å². The monoisotopic (exact) mass is 351 g/mol. The number of aryl methyl sites for hydroxylation is 1. The van der Waals surface area contributed by atoms with Crippen molar-refractivity contribution in [2.75, 3.05) is 5.33 Å². The second-order valence-electron chi connectivity index (χ2n) is 4.64. The number of nitrogens with one attached hydrogen (secondary N) is 1. The van der Waals surface area contributed by atoms with E-state index in [-0.39, 0.29) is 4.90 Å². The van der Waals surface area contributed by atoms with E-state index in [0.717, 1.165) is 6.07 Å². The molecule has 0 saturated heterocycles. The van der Waals surface area contributed by atoms with Gasteiger partial charge < -0.3 is 0 Å². The van der Waals surface area contributed by atoms with E-state index in [4.69, 9.17) is 0 Å². The third-order valence-corrected chi connectivity index (χ3v) is 6.20. The van der Waals surface area contributed by atoms with Crippen molar-refractivity contribution >= 4 is 26.0 Å². The van der Waals surface area contributed by atoms with Crippen LogP contribution in [-0.2, 0) is 10.0 Å². The van der Waals surface area contributed by atoms with Gasteiger partial charge in [-0.3, -0.25) is 0 Å². The average Bonchev–Trinajstić information content (AvgIpc) is 2.35. The lowest BCUT2D eigenvalue weighted by Gasteiger charge is -2.30. The fourth-order valence-electron chi connectivity index (χ4n) is 1.86. The number of sulfonamides is 1. The summed E-state index contributed by atoms with van der Waals surface area (Å²) in [7, 11) is -3.65. The third-order valence-electron chi connectivity index (χ3n) is 3.39. The summed E-state index contributed by atoms with van der Waals surface area (Å²) in [6.07, 6.45) is 1.35. The van der Waals surface area contributed by atoms with Crippen molar-refractivity contribution in [1.29, 1.82) is 0 Å². The first-order chi connectivity index (χ1) is 8.80. The Morgan fingerprint density at radius 1 is 1.32 bits per heavy atom. The highest BCUT2D eigenvalue weighted by Gasteiger charge is 2.31. The minimum Gasteiger partial charge on any atom is -0.207 e. The molecule has 0 saturated carbocycles. The van der Waals surface area contributed by atoms with Crippen molar-refractivity contribution < 1.29 is 12.8 Å². The van der Waals surface area contributed by atoms with Gasteiger partial charge in [-0.05, 0) is 43.5 Å². The van der Waals surface area contributed by atoms with Crippen LogP contribution in [0.15, 0.2) is 23.1 Å². The summed E-state index contributed by atoms with van der Waals surface area (Å²) >= 11 is 3.36. The van der Waals surface area contributed by atoms with Crippen molar-refractivity contribution in [3.63, 3.8) is 0 Å². The van der Waals surface area contributed by atoms with Crippen molar-refractivity contribution in [3.8, 4) is 0 Å². The summed E-state index contributed by atoms with van der Waals surface area (Å²) in [6, 6.07) is 3.69. The molecule has 0 aliphatic rings. The van der Waals surface area contributed by atoms with Crippen LogP contribution in [-0.4, -0.2) is 19.3 Å². The van der Waals surface area contributed by atoms with Crippen LogP contribution in [0.4, 0.5) is 4.39 Å². The molecule has 0 fully saturated rings. The van der Waals surface area contributed by atoms with Gasteiger partial charge in [0.25, 0.3) is 0 Å². The summed E-state index contributed by atoms with van der Waals surface area (Å²) in [4.78, 5) is 0.126. The molecule has 0 amide bonds. The summed E-state index contributed by atoms with van der Waals surface area (Å²) in [5, 5.41) is 0.534. The van der Waals surface area contributed by atoms with E-state index < -0.39 is 21.4 Å². The Labute approximate surface area is 122 Å². The molecule has 1 aromatic carbocycles. The van der Waals surface area contributed by atoms with Crippen molar-refractivity contribution in [1.82, 2.24) is 4.72 Å². The lowest BCUT2D eigenvalue weighted by atomic mass is 9.97. The van der Waals surface area contributed by atoms with E-state index in [0.29, 0.717) is 23.7 Å². The highest BCUT2D eigenvalue weighted by atomic mass is 79.9. The molecule has 0 atom stereocenters. The van der Waals surface area contributed by atoms with Crippen molar-refractivity contribution in [2.24, 2.45) is 0 Å². The lowest BCUT2D eigenvalue weighted by Crippen LogP contribution is -2.49. The largest absolute Gasteiger partial charge is 0.241 e. The first-order valence-corrected chi connectivity index (χ1v) is 8.77. The van der Waals surface area contributed by atoms with Gasteiger partial charge in [-0.1, -0.05) is 29.8 Å². The van der Waals surface area contributed by atoms with E-state index in [1.165, 1.54) is 12.1 Å². The van der Waals surface area contributed by atoms with Crippen molar-refractivity contribution in [2.45, 2.75) is 44.0 Å². The van der Waals surface area contributed by atoms with Gasteiger partial charge in [0.1, 0.15) is 5.82 Å². The Hall–Kier alpha value is -0.460. The van der Waals surface area contributed by atoms with Crippen LogP contribution >= 0.6 is 15.9 Å². The van der Waals surface area contributed by atoms with Crippen molar-refractivity contribution in [3.05, 3.63) is 29.6 Å². The highest BCUT2D eigenvalue weighted by molar-refractivity contribution is 9.09. The van der Waals surface area contributed by atoms with Gasteiger partial charge >= 0.3 is 0 Å². The Morgan fingerprint density at radius 2 is 1.89 bits per heavy atom. The number of benzene rings is 1. The predicted octanol–water partition coefficient (Wildman–Crippen LogP) is 3.37. The van der Waals surface area contributed by atoms with E-state index in [1.54, 1.807) is 6.92 Å². The molecular formula is C13H19BrFNO2S. The molecule has 0 aliphatic carbocycles. The number of hydrogen-bond donors (Lipinski definition) is 1. The predicted molar refractivity (Wildman–Crippen MR) is 78.6 cm³/mol. The van der Waals surface area contributed by atoms with Gasteiger partial charge in [0, 0.05) is 10.9 Å². The zero-order chi connectivity index (χ0) is 14.7. The van der Waals surface area contributed by atoms with Crippen LogP contribution < -0.4 is 4.72 Å². The average molecular weight is 352 g/mol. The summed E-state index contributed by atoms with van der Waals surface area (Å²) < 4.78 is 40.6. The van der Waals surface area contributed by atoms with E-state index >= 15 is 0 Å². The molecule has 19 heavy (non-hydrogen) atoms. The third kappa shape index (κ3) is 3.77. The second-order valence-corrected chi connectivity index (χ2v) is 6.85. The molecule has 0 spiro atoms. The molecule has 1 N–H and O–H groups in total. The summed E-state index contributed by atoms with van der Waals surface area (Å²) in [6.45, 7) is 5.46. The van der Waals surface area contributed by atoms with E-state index in [9.17, 15) is 12.8 Å². The molecule has 3 nitrogen and oxygen atoms in total. The van der Waals surface area contributed by atoms with Crippen LogP contribution in [0, 0.1) is 12.7 Å². The Kier molecular flexibility index (Phi) is 5.53. The molecule has 1 rings (SSSR count). The van der Waals surface area contributed by atoms with Gasteiger partial charge in [0.2, 0.25) is 10.0 Å². The van der Waals surface area contributed by atoms with Gasteiger partial charge in [0.15, 0.2) is 0 Å². The summed E-state index contributed by atoms with van der Waals surface area (Å²) in [5.41, 5.74) is -0.109. The normalized spacial score (nSPS) is 12.7. The fraction of sp³-hybridized carbons (Fsp3) is 0.538. The highest BCUT2D eigenvalue weighted by Crippen LogP contribution is 2.23. The zero-order valence-electron chi connectivity index (χ0n) is 11.3. The molecule has 6 heteroatoms. The lowest BCUT2D eigenvalue weighted by molar-refractivity contribution is 0.398. The van der Waals surface area contributed by atoms with E-state index in [1.807, 2.05) is 13.8 Å². The molecule has 0 aliphatic heterocycles. The van der Waals surface area contributed by atoms with Crippen LogP contribution in [0.2, 0.25) is 0 Å². The second kappa shape index (κ2) is 6.33. The maximum absolute atomic E-state index is 13.0. The van der Waals surface area contributed by atoms with Gasteiger partial charge in [-0.15, -0.1) is 0 Å². The zero-order valence-corrected chi connectivity index (χ0v) is 13.7. The molecule has 0 heterocycles. The molecule has 0 radical (unpaired) electrons. The molecule has 108 valence electrons. The minimum atomic E-state index is -3.65. The van der Waals surface area contributed by atoms with Gasteiger partial charge in [0.05, 0.1) is 4.90 Å². The Morgan fingerprint density at radius 3 is 2.32 bits per heavy atom. The van der Waals surface area contributed by atoms with Gasteiger partial charge in [-0.25, -0.2) is 17.5 Å². The molecule has 0 aromatic heterocycles.